The van der Waals surface area contributed by atoms with Crippen LogP contribution in [0, 0.1) is 19.7 Å². The number of amides is 1. The van der Waals surface area contributed by atoms with Crippen LogP contribution >= 0.6 is 11.3 Å². The maximum Gasteiger partial charge on any atom is 0.264 e. The first-order chi connectivity index (χ1) is 13.0. The van der Waals surface area contributed by atoms with E-state index in [2.05, 4.69) is 15.5 Å². The first kappa shape index (κ1) is 18.8. The fraction of sp³-hybridized carbons (Fsp3) is 0.211. The summed E-state index contributed by atoms with van der Waals surface area (Å²) in [6, 6.07) is 11.4. The Hall–Kier alpha value is -3.00. The second kappa shape index (κ2) is 8.59. The average Bonchev–Trinajstić information content (AvgIpc) is 3.09. The molecule has 0 saturated carbocycles. The maximum absolute atomic E-state index is 12.9. The molecule has 0 aliphatic rings. The van der Waals surface area contributed by atoms with Crippen molar-refractivity contribution < 1.29 is 18.7 Å². The topological polar surface area (TPSA) is 73.3 Å². The van der Waals surface area contributed by atoms with E-state index >= 15 is 0 Å². The van der Waals surface area contributed by atoms with E-state index in [-0.39, 0.29) is 24.9 Å². The van der Waals surface area contributed by atoms with Crippen molar-refractivity contribution in [3.63, 3.8) is 0 Å². The molecule has 0 bridgehead atoms. The van der Waals surface area contributed by atoms with Crippen molar-refractivity contribution in [2.45, 2.75) is 20.5 Å². The van der Waals surface area contributed by atoms with Gasteiger partial charge in [0, 0.05) is 0 Å². The molecule has 0 aliphatic heterocycles. The van der Waals surface area contributed by atoms with Crippen LogP contribution in [0.25, 0.3) is 0 Å². The first-order valence-electron chi connectivity index (χ1n) is 8.20. The fourth-order valence-corrected chi connectivity index (χ4v) is 2.82. The van der Waals surface area contributed by atoms with Gasteiger partial charge in [0.1, 0.15) is 23.9 Å². The van der Waals surface area contributed by atoms with E-state index in [9.17, 15) is 9.18 Å². The highest BCUT2D eigenvalue weighted by atomic mass is 32.1. The molecule has 3 rings (SSSR count). The molecular weight excluding hydrogens is 369 g/mol. The van der Waals surface area contributed by atoms with Gasteiger partial charge in [0.2, 0.25) is 5.13 Å². The number of nitrogens with zero attached hydrogens (tertiary/aromatic N) is 2. The molecule has 6 nitrogen and oxygen atoms in total. The zero-order valence-electron chi connectivity index (χ0n) is 14.9. The molecule has 0 unspecified atom stereocenters. The first-order valence-corrected chi connectivity index (χ1v) is 9.02. The molecule has 0 atom stereocenters. The lowest BCUT2D eigenvalue weighted by atomic mass is 10.1. The predicted molar refractivity (Wildman–Crippen MR) is 101 cm³/mol. The molecule has 1 aromatic heterocycles. The number of nitrogens with one attached hydrogen (secondary N) is 1. The molecule has 27 heavy (non-hydrogen) atoms. The zero-order valence-corrected chi connectivity index (χ0v) is 15.7. The van der Waals surface area contributed by atoms with Crippen LogP contribution in [0.2, 0.25) is 0 Å². The standard InChI is InChI=1S/C19H18FN3O3S/c1-12-3-6-16(9-13(12)2)25-10-17(24)21-19-23-22-18(27-19)11-26-15-7-4-14(20)5-8-15/h3-9H,10-11H2,1-2H3,(H,21,23,24). The van der Waals surface area contributed by atoms with Crippen LogP contribution in [0.4, 0.5) is 9.52 Å². The molecular formula is C19H18FN3O3S. The zero-order chi connectivity index (χ0) is 19.2. The predicted octanol–water partition coefficient (Wildman–Crippen LogP) is 3.89. The number of hydrogen-bond acceptors (Lipinski definition) is 6. The number of rotatable bonds is 7. The summed E-state index contributed by atoms with van der Waals surface area (Å²) in [6.07, 6.45) is 0. The van der Waals surface area contributed by atoms with Crippen molar-refractivity contribution >= 4 is 22.4 Å². The van der Waals surface area contributed by atoms with Gasteiger partial charge < -0.3 is 9.47 Å². The van der Waals surface area contributed by atoms with Gasteiger partial charge in [0.25, 0.3) is 5.91 Å². The minimum Gasteiger partial charge on any atom is -0.486 e. The van der Waals surface area contributed by atoms with Crippen LogP contribution in [-0.2, 0) is 11.4 Å². The molecule has 0 spiro atoms. The van der Waals surface area contributed by atoms with Gasteiger partial charge in [-0.2, -0.15) is 0 Å². The number of aromatic nitrogens is 2. The Labute approximate surface area is 160 Å². The lowest BCUT2D eigenvalue weighted by Crippen LogP contribution is -2.20. The van der Waals surface area contributed by atoms with Gasteiger partial charge >= 0.3 is 0 Å². The Kier molecular flexibility index (Phi) is 5.97. The van der Waals surface area contributed by atoms with E-state index in [1.165, 1.54) is 35.6 Å². The molecule has 0 aliphatic carbocycles. The third-order valence-corrected chi connectivity index (χ3v) is 4.55. The summed E-state index contributed by atoms with van der Waals surface area (Å²) in [5.41, 5.74) is 2.26. The quantitative estimate of drug-likeness (QED) is 0.666. The minimum atomic E-state index is -0.328. The number of anilines is 1. The molecule has 1 N–H and O–H groups in total. The smallest absolute Gasteiger partial charge is 0.264 e. The lowest BCUT2D eigenvalue weighted by molar-refractivity contribution is -0.118. The summed E-state index contributed by atoms with van der Waals surface area (Å²) >= 11 is 1.20. The number of aryl methyl sites for hydroxylation is 2. The summed E-state index contributed by atoms with van der Waals surface area (Å²) in [4.78, 5) is 12.0. The van der Waals surface area contributed by atoms with Crippen LogP contribution in [0.3, 0.4) is 0 Å². The van der Waals surface area contributed by atoms with E-state index < -0.39 is 0 Å². The van der Waals surface area contributed by atoms with Gasteiger partial charge in [-0.25, -0.2) is 4.39 Å². The Morgan fingerprint density at radius 2 is 1.78 bits per heavy atom. The van der Waals surface area contributed by atoms with Crippen LogP contribution in [-0.4, -0.2) is 22.7 Å². The summed E-state index contributed by atoms with van der Waals surface area (Å²) in [5.74, 6) is 0.513. The summed E-state index contributed by atoms with van der Waals surface area (Å²) in [5, 5.41) is 11.4. The highest BCUT2D eigenvalue weighted by Gasteiger charge is 2.10. The van der Waals surface area contributed by atoms with E-state index in [1.54, 1.807) is 0 Å². The van der Waals surface area contributed by atoms with Gasteiger partial charge in [0.15, 0.2) is 11.6 Å². The van der Waals surface area contributed by atoms with Gasteiger partial charge in [0.05, 0.1) is 0 Å². The summed E-state index contributed by atoms with van der Waals surface area (Å²) < 4.78 is 23.8. The number of carbonyl (C=O) groups excluding carboxylic acids is 1. The molecule has 140 valence electrons. The summed E-state index contributed by atoms with van der Waals surface area (Å²) in [7, 11) is 0. The summed E-state index contributed by atoms with van der Waals surface area (Å²) in [6.45, 7) is 4.06. The van der Waals surface area contributed by atoms with E-state index in [0.29, 0.717) is 21.6 Å². The molecule has 3 aromatic rings. The fourth-order valence-electron chi connectivity index (χ4n) is 2.15. The molecule has 0 saturated heterocycles. The Balaban J connectivity index is 1.47. The van der Waals surface area contributed by atoms with Crippen molar-refractivity contribution in [3.05, 3.63) is 64.4 Å². The van der Waals surface area contributed by atoms with E-state index in [4.69, 9.17) is 9.47 Å². The van der Waals surface area contributed by atoms with Crippen LogP contribution in [0.5, 0.6) is 11.5 Å². The van der Waals surface area contributed by atoms with Crippen LogP contribution in [0.15, 0.2) is 42.5 Å². The molecule has 0 radical (unpaired) electrons. The molecule has 0 fully saturated rings. The SMILES string of the molecule is Cc1ccc(OCC(=O)Nc2nnc(COc3ccc(F)cc3)s2)cc1C. The second-order valence-corrected chi connectivity index (χ2v) is 6.89. The van der Waals surface area contributed by atoms with E-state index in [1.807, 2.05) is 32.0 Å². The van der Waals surface area contributed by atoms with Gasteiger partial charge in [-0.05, 0) is 61.4 Å². The highest BCUT2D eigenvalue weighted by Crippen LogP contribution is 2.19. The number of carbonyl (C=O) groups is 1. The number of halogens is 1. The monoisotopic (exact) mass is 387 g/mol. The maximum atomic E-state index is 12.9. The third kappa shape index (κ3) is 5.49. The molecule has 1 amide bonds. The lowest BCUT2D eigenvalue weighted by Gasteiger charge is -2.07. The second-order valence-electron chi connectivity index (χ2n) is 5.83. The van der Waals surface area contributed by atoms with Crippen LogP contribution in [0.1, 0.15) is 16.1 Å². The Bertz CT molecular complexity index is 928. The van der Waals surface area contributed by atoms with Gasteiger partial charge in [-0.15, -0.1) is 10.2 Å². The highest BCUT2D eigenvalue weighted by molar-refractivity contribution is 7.15. The van der Waals surface area contributed by atoms with Gasteiger partial charge in [-0.3, -0.25) is 10.1 Å². The molecule has 1 heterocycles. The largest absolute Gasteiger partial charge is 0.486 e. The Morgan fingerprint density at radius 1 is 1.04 bits per heavy atom. The average molecular weight is 387 g/mol. The number of ether oxygens (including phenoxy) is 2. The van der Waals surface area contributed by atoms with Crippen molar-refractivity contribution in [1.82, 2.24) is 10.2 Å². The number of benzene rings is 2. The molecule has 8 heteroatoms. The third-order valence-electron chi connectivity index (χ3n) is 3.74. The van der Waals surface area contributed by atoms with E-state index in [0.717, 1.165) is 11.1 Å². The number of hydrogen-bond donors (Lipinski definition) is 1. The van der Waals surface area contributed by atoms with Crippen molar-refractivity contribution in [2.75, 3.05) is 11.9 Å². The Morgan fingerprint density at radius 3 is 2.52 bits per heavy atom. The van der Waals surface area contributed by atoms with Crippen molar-refractivity contribution in [1.29, 1.82) is 0 Å². The van der Waals surface area contributed by atoms with Crippen molar-refractivity contribution in [3.8, 4) is 11.5 Å². The van der Waals surface area contributed by atoms with Crippen LogP contribution < -0.4 is 14.8 Å². The normalized spacial score (nSPS) is 10.5. The minimum absolute atomic E-state index is 0.122. The van der Waals surface area contributed by atoms with Crippen molar-refractivity contribution in [2.24, 2.45) is 0 Å². The van der Waals surface area contributed by atoms with Gasteiger partial charge in [-0.1, -0.05) is 17.4 Å². The molecule has 2 aromatic carbocycles.